The standard InChI is InChI=1S/C14H13N3O4/c1-9-7-15-5-4-10(9)8-16-11-2-3-13(17(20)21)12(6-11)14(18)19/h2-7,16H,8H2,1H3,(H,18,19). The molecule has 1 heterocycles. The molecule has 0 amide bonds. The number of aryl methyl sites for hydroxylation is 1. The zero-order valence-electron chi connectivity index (χ0n) is 11.2. The maximum absolute atomic E-state index is 11.1. The van der Waals surface area contributed by atoms with Gasteiger partial charge in [0.2, 0.25) is 0 Å². The van der Waals surface area contributed by atoms with Crippen molar-refractivity contribution in [2.75, 3.05) is 5.32 Å². The fraction of sp³-hybridized carbons (Fsp3) is 0.143. The second-order valence-electron chi connectivity index (χ2n) is 4.45. The molecule has 0 fully saturated rings. The van der Waals surface area contributed by atoms with Crippen molar-refractivity contribution in [1.29, 1.82) is 0 Å². The van der Waals surface area contributed by atoms with E-state index in [0.29, 0.717) is 12.2 Å². The number of nitro groups is 1. The molecule has 0 aliphatic rings. The first-order valence-electron chi connectivity index (χ1n) is 6.14. The van der Waals surface area contributed by atoms with Gasteiger partial charge in [-0.2, -0.15) is 0 Å². The highest BCUT2D eigenvalue weighted by Gasteiger charge is 2.19. The van der Waals surface area contributed by atoms with Crippen molar-refractivity contribution in [2.45, 2.75) is 13.5 Å². The number of nitro benzene ring substituents is 1. The number of nitrogens with one attached hydrogen (secondary N) is 1. The fourth-order valence-electron chi connectivity index (χ4n) is 1.87. The molecule has 21 heavy (non-hydrogen) atoms. The van der Waals surface area contributed by atoms with Crippen LogP contribution in [0.5, 0.6) is 0 Å². The number of pyridine rings is 1. The number of hydrogen-bond donors (Lipinski definition) is 2. The molecular weight excluding hydrogens is 274 g/mol. The highest BCUT2D eigenvalue weighted by Crippen LogP contribution is 2.23. The van der Waals surface area contributed by atoms with Crippen molar-refractivity contribution in [2.24, 2.45) is 0 Å². The van der Waals surface area contributed by atoms with Gasteiger partial charge in [0.25, 0.3) is 5.69 Å². The summed E-state index contributed by atoms with van der Waals surface area (Å²) in [6.07, 6.45) is 3.40. The number of nitrogens with zero attached hydrogens (tertiary/aromatic N) is 2. The molecule has 2 N–H and O–H groups in total. The quantitative estimate of drug-likeness (QED) is 0.646. The summed E-state index contributed by atoms with van der Waals surface area (Å²) in [5.74, 6) is -1.33. The molecule has 108 valence electrons. The van der Waals surface area contributed by atoms with Gasteiger partial charge in [-0.3, -0.25) is 15.1 Å². The Kier molecular flexibility index (Phi) is 4.13. The summed E-state index contributed by atoms with van der Waals surface area (Å²) in [4.78, 5) is 25.1. The minimum Gasteiger partial charge on any atom is -0.477 e. The molecule has 0 radical (unpaired) electrons. The van der Waals surface area contributed by atoms with Gasteiger partial charge in [0.15, 0.2) is 0 Å². The van der Waals surface area contributed by atoms with Crippen molar-refractivity contribution in [3.05, 3.63) is 63.5 Å². The Bertz CT molecular complexity index is 700. The number of benzene rings is 1. The van der Waals surface area contributed by atoms with Crippen LogP contribution in [0.4, 0.5) is 11.4 Å². The summed E-state index contributed by atoms with van der Waals surface area (Å²) in [6, 6.07) is 5.79. The normalized spacial score (nSPS) is 10.1. The minimum atomic E-state index is -1.33. The molecule has 2 rings (SSSR count). The second-order valence-corrected chi connectivity index (χ2v) is 4.45. The Hall–Kier alpha value is -2.96. The summed E-state index contributed by atoms with van der Waals surface area (Å²) in [5.41, 5.74) is 1.77. The smallest absolute Gasteiger partial charge is 0.342 e. The number of aromatic nitrogens is 1. The minimum absolute atomic E-state index is 0.337. The molecule has 0 saturated heterocycles. The summed E-state index contributed by atoms with van der Waals surface area (Å²) >= 11 is 0. The van der Waals surface area contributed by atoms with E-state index < -0.39 is 16.6 Å². The summed E-state index contributed by atoms with van der Waals surface area (Å²) < 4.78 is 0. The predicted octanol–water partition coefficient (Wildman–Crippen LogP) is 2.61. The van der Waals surface area contributed by atoms with Crippen LogP contribution in [0.25, 0.3) is 0 Å². The molecule has 0 aliphatic heterocycles. The van der Waals surface area contributed by atoms with Crippen LogP contribution in [-0.2, 0) is 6.54 Å². The number of aromatic carboxylic acids is 1. The molecule has 0 bridgehead atoms. The molecule has 0 spiro atoms. The predicted molar refractivity (Wildman–Crippen MR) is 76.4 cm³/mol. The van der Waals surface area contributed by atoms with E-state index in [1.165, 1.54) is 18.2 Å². The molecular formula is C14H13N3O4. The van der Waals surface area contributed by atoms with Gasteiger partial charge >= 0.3 is 5.97 Å². The van der Waals surface area contributed by atoms with Crippen molar-refractivity contribution in [3.63, 3.8) is 0 Å². The van der Waals surface area contributed by atoms with Crippen LogP contribution in [0.3, 0.4) is 0 Å². The lowest BCUT2D eigenvalue weighted by Gasteiger charge is -2.09. The third-order valence-electron chi connectivity index (χ3n) is 3.04. The Balaban J connectivity index is 2.22. The van der Waals surface area contributed by atoms with Crippen molar-refractivity contribution in [1.82, 2.24) is 4.98 Å². The van der Waals surface area contributed by atoms with Gasteiger partial charge in [0, 0.05) is 30.7 Å². The van der Waals surface area contributed by atoms with E-state index in [1.54, 1.807) is 12.4 Å². The second kappa shape index (κ2) is 6.00. The van der Waals surface area contributed by atoms with E-state index in [-0.39, 0.29) is 5.56 Å². The van der Waals surface area contributed by atoms with Crippen LogP contribution in [0.15, 0.2) is 36.7 Å². The molecule has 7 heteroatoms. The first-order valence-corrected chi connectivity index (χ1v) is 6.14. The Morgan fingerprint density at radius 2 is 2.19 bits per heavy atom. The van der Waals surface area contributed by atoms with E-state index >= 15 is 0 Å². The highest BCUT2D eigenvalue weighted by atomic mass is 16.6. The molecule has 7 nitrogen and oxygen atoms in total. The summed E-state index contributed by atoms with van der Waals surface area (Å²) in [6.45, 7) is 2.40. The zero-order chi connectivity index (χ0) is 15.4. The maximum atomic E-state index is 11.1. The fourth-order valence-corrected chi connectivity index (χ4v) is 1.87. The van der Waals surface area contributed by atoms with Gasteiger partial charge in [-0.15, -0.1) is 0 Å². The van der Waals surface area contributed by atoms with E-state index in [4.69, 9.17) is 5.11 Å². The first kappa shape index (κ1) is 14.4. The molecule has 0 atom stereocenters. The van der Waals surface area contributed by atoms with E-state index in [1.807, 2.05) is 13.0 Å². The number of anilines is 1. The van der Waals surface area contributed by atoms with Gasteiger partial charge in [0.1, 0.15) is 5.56 Å². The number of carboxylic acids is 1. The Morgan fingerprint density at radius 1 is 1.43 bits per heavy atom. The SMILES string of the molecule is Cc1cnccc1CNc1ccc([N+](=O)[O-])c(C(=O)O)c1. The van der Waals surface area contributed by atoms with E-state index in [0.717, 1.165) is 11.1 Å². The van der Waals surface area contributed by atoms with Crippen molar-refractivity contribution in [3.8, 4) is 0 Å². The topological polar surface area (TPSA) is 105 Å². The third-order valence-corrected chi connectivity index (χ3v) is 3.04. The van der Waals surface area contributed by atoms with Crippen LogP contribution in [0.1, 0.15) is 21.5 Å². The van der Waals surface area contributed by atoms with Crippen LogP contribution in [-0.4, -0.2) is 21.0 Å². The monoisotopic (exact) mass is 287 g/mol. The van der Waals surface area contributed by atoms with E-state index in [2.05, 4.69) is 10.3 Å². The van der Waals surface area contributed by atoms with Crippen LogP contribution >= 0.6 is 0 Å². The number of rotatable bonds is 5. The van der Waals surface area contributed by atoms with Crippen molar-refractivity contribution < 1.29 is 14.8 Å². The maximum Gasteiger partial charge on any atom is 0.342 e. The molecule has 1 aromatic heterocycles. The molecule has 0 unspecified atom stereocenters. The third kappa shape index (κ3) is 3.33. The lowest BCUT2D eigenvalue weighted by molar-refractivity contribution is -0.385. The van der Waals surface area contributed by atoms with E-state index in [9.17, 15) is 14.9 Å². The lowest BCUT2D eigenvalue weighted by atomic mass is 10.1. The molecule has 0 aliphatic carbocycles. The first-order chi connectivity index (χ1) is 9.99. The van der Waals surface area contributed by atoms with Gasteiger partial charge in [0.05, 0.1) is 4.92 Å². The van der Waals surface area contributed by atoms with Crippen LogP contribution < -0.4 is 5.32 Å². The van der Waals surface area contributed by atoms with Crippen LogP contribution in [0, 0.1) is 17.0 Å². The highest BCUT2D eigenvalue weighted by molar-refractivity contribution is 5.93. The Labute approximate surface area is 120 Å². The number of carboxylic acid groups (broad SMARTS) is 1. The van der Waals surface area contributed by atoms with Gasteiger partial charge in [-0.05, 0) is 36.2 Å². The van der Waals surface area contributed by atoms with Crippen molar-refractivity contribution >= 4 is 17.3 Å². The number of carbonyl (C=O) groups is 1. The molecule has 1 aromatic carbocycles. The average Bonchev–Trinajstić information content (AvgIpc) is 2.46. The average molecular weight is 287 g/mol. The lowest BCUT2D eigenvalue weighted by Crippen LogP contribution is -2.06. The molecule has 0 saturated carbocycles. The largest absolute Gasteiger partial charge is 0.477 e. The van der Waals surface area contributed by atoms with Crippen LogP contribution in [0.2, 0.25) is 0 Å². The molecule has 2 aromatic rings. The van der Waals surface area contributed by atoms with Gasteiger partial charge < -0.3 is 10.4 Å². The van der Waals surface area contributed by atoms with Gasteiger partial charge in [-0.25, -0.2) is 4.79 Å². The number of hydrogen-bond acceptors (Lipinski definition) is 5. The summed E-state index contributed by atoms with van der Waals surface area (Å²) in [7, 11) is 0. The Morgan fingerprint density at radius 3 is 2.81 bits per heavy atom. The summed E-state index contributed by atoms with van der Waals surface area (Å²) in [5, 5.41) is 22.9. The van der Waals surface area contributed by atoms with Gasteiger partial charge in [-0.1, -0.05) is 0 Å². The zero-order valence-corrected chi connectivity index (χ0v) is 11.2.